The Bertz CT molecular complexity index is 360. The molecule has 1 atom stereocenters. The Morgan fingerprint density at radius 3 is 3.13 bits per heavy atom. The van der Waals surface area contributed by atoms with E-state index in [0.29, 0.717) is 6.54 Å². The van der Waals surface area contributed by atoms with Gasteiger partial charge in [0, 0.05) is 12.5 Å². The van der Waals surface area contributed by atoms with Crippen LogP contribution in [0.3, 0.4) is 0 Å². The summed E-state index contributed by atoms with van der Waals surface area (Å²) in [6.45, 7) is 6.12. The van der Waals surface area contributed by atoms with Crippen LogP contribution >= 0.6 is 0 Å². The van der Waals surface area contributed by atoms with Crippen molar-refractivity contribution in [3.8, 4) is 0 Å². The Hall–Kier alpha value is -1.39. The first kappa shape index (κ1) is 10.1. The molecular weight excluding hydrogens is 192 g/mol. The second-order valence-corrected chi connectivity index (χ2v) is 3.97. The van der Waals surface area contributed by atoms with Gasteiger partial charge < -0.3 is 4.90 Å². The minimum absolute atomic E-state index is 0.111. The molecule has 5 heteroatoms. The number of amides is 1. The maximum atomic E-state index is 11.9. The van der Waals surface area contributed by atoms with Gasteiger partial charge in [-0.15, -0.1) is 0 Å². The van der Waals surface area contributed by atoms with E-state index in [1.54, 1.807) is 6.33 Å². The van der Waals surface area contributed by atoms with Gasteiger partial charge in [-0.2, -0.15) is 5.10 Å². The van der Waals surface area contributed by atoms with E-state index in [0.717, 1.165) is 25.3 Å². The fraction of sp³-hybridized carbons (Fsp3) is 0.700. The lowest BCUT2D eigenvalue weighted by Crippen LogP contribution is -2.41. The van der Waals surface area contributed by atoms with Gasteiger partial charge in [0.05, 0.1) is 13.1 Å². The van der Waals surface area contributed by atoms with E-state index in [-0.39, 0.29) is 11.8 Å². The summed E-state index contributed by atoms with van der Waals surface area (Å²) in [5, 5.41) is 4.08. The number of carbonyl (C=O) groups excluding carboxylic acids is 1. The average Bonchev–Trinajstić information content (AvgIpc) is 2.73. The highest BCUT2D eigenvalue weighted by Gasteiger charge is 2.24. The maximum absolute atomic E-state index is 11.9. The first-order chi connectivity index (χ1) is 7.22. The monoisotopic (exact) mass is 208 g/mol. The molecule has 1 amide bonds. The zero-order chi connectivity index (χ0) is 10.8. The SMILES string of the molecule is CCC(C)C(=O)N1CCn2ncnc2C1. The van der Waals surface area contributed by atoms with Gasteiger partial charge >= 0.3 is 0 Å². The van der Waals surface area contributed by atoms with Crippen molar-refractivity contribution in [1.82, 2.24) is 19.7 Å². The van der Waals surface area contributed by atoms with Crippen molar-refractivity contribution in [3.05, 3.63) is 12.2 Å². The summed E-state index contributed by atoms with van der Waals surface area (Å²) in [4.78, 5) is 17.9. The number of nitrogens with zero attached hydrogens (tertiary/aromatic N) is 4. The van der Waals surface area contributed by atoms with Crippen LogP contribution in [0.15, 0.2) is 6.33 Å². The minimum atomic E-state index is 0.111. The van der Waals surface area contributed by atoms with Crippen molar-refractivity contribution < 1.29 is 4.79 Å². The third-order valence-corrected chi connectivity index (χ3v) is 2.96. The summed E-state index contributed by atoms with van der Waals surface area (Å²) in [6.07, 6.45) is 2.44. The molecule has 1 aromatic rings. The van der Waals surface area contributed by atoms with E-state index < -0.39 is 0 Å². The Morgan fingerprint density at radius 1 is 1.60 bits per heavy atom. The van der Waals surface area contributed by atoms with E-state index in [4.69, 9.17) is 0 Å². The van der Waals surface area contributed by atoms with Crippen molar-refractivity contribution >= 4 is 5.91 Å². The Balaban J connectivity index is 2.06. The van der Waals surface area contributed by atoms with Crippen LogP contribution < -0.4 is 0 Å². The van der Waals surface area contributed by atoms with Crippen LogP contribution in [0.1, 0.15) is 26.1 Å². The molecule has 0 fully saturated rings. The van der Waals surface area contributed by atoms with Crippen molar-refractivity contribution in [2.45, 2.75) is 33.4 Å². The fourth-order valence-corrected chi connectivity index (χ4v) is 1.74. The standard InChI is InChI=1S/C10H16N4O/c1-3-8(2)10(15)13-4-5-14-9(6-13)11-7-12-14/h7-8H,3-6H2,1-2H3. The molecule has 0 bridgehead atoms. The largest absolute Gasteiger partial charge is 0.333 e. The molecule has 0 aliphatic carbocycles. The van der Waals surface area contributed by atoms with Crippen LogP contribution in [0.5, 0.6) is 0 Å². The van der Waals surface area contributed by atoms with E-state index in [1.165, 1.54) is 0 Å². The molecule has 82 valence electrons. The number of hydrogen-bond donors (Lipinski definition) is 0. The average molecular weight is 208 g/mol. The van der Waals surface area contributed by atoms with Crippen LogP contribution in [0.4, 0.5) is 0 Å². The predicted molar refractivity (Wildman–Crippen MR) is 54.9 cm³/mol. The highest BCUT2D eigenvalue weighted by atomic mass is 16.2. The van der Waals surface area contributed by atoms with Crippen LogP contribution in [0.2, 0.25) is 0 Å². The normalized spacial score (nSPS) is 17.3. The molecule has 0 spiro atoms. The first-order valence-electron chi connectivity index (χ1n) is 5.37. The molecule has 0 saturated heterocycles. The topological polar surface area (TPSA) is 51.0 Å². The summed E-state index contributed by atoms with van der Waals surface area (Å²) < 4.78 is 1.86. The van der Waals surface area contributed by atoms with E-state index in [1.807, 2.05) is 23.4 Å². The third-order valence-electron chi connectivity index (χ3n) is 2.96. The summed E-state index contributed by atoms with van der Waals surface area (Å²) in [7, 11) is 0. The number of fused-ring (bicyclic) bond motifs is 1. The summed E-state index contributed by atoms with van der Waals surface area (Å²) in [6, 6.07) is 0. The number of hydrogen-bond acceptors (Lipinski definition) is 3. The molecular formula is C10H16N4O. The lowest BCUT2D eigenvalue weighted by Gasteiger charge is -2.28. The minimum Gasteiger partial charge on any atom is -0.333 e. The van der Waals surface area contributed by atoms with Gasteiger partial charge in [-0.1, -0.05) is 13.8 Å². The highest BCUT2D eigenvalue weighted by Crippen LogP contribution is 2.13. The molecule has 2 heterocycles. The summed E-state index contributed by atoms with van der Waals surface area (Å²) >= 11 is 0. The van der Waals surface area contributed by atoms with Crippen molar-refractivity contribution in [2.24, 2.45) is 5.92 Å². The second-order valence-electron chi connectivity index (χ2n) is 3.97. The molecule has 0 aromatic carbocycles. The molecule has 1 unspecified atom stereocenters. The Labute approximate surface area is 89.1 Å². The quantitative estimate of drug-likeness (QED) is 0.717. The molecule has 1 aromatic heterocycles. The van der Waals surface area contributed by atoms with Gasteiger partial charge in [-0.05, 0) is 6.42 Å². The molecule has 2 rings (SSSR count). The van der Waals surface area contributed by atoms with Crippen LogP contribution in [0.25, 0.3) is 0 Å². The van der Waals surface area contributed by atoms with E-state index in [9.17, 15) is 4.79 Å². The maximum Gasteiger partial charge on any atom is 0.225 e. The smallest absolute Gasteiger partial charge is 0.225 e. The van der Waals surface area contributed by atoms with Gasteiger partial charge in [0.15, 0.2) is 0 Å². The van der Waals surface area contributed by atoms with Crippen molar-refractivity contribution in [3.63, 3.8) is 0 Å². The Kier molecular flexibility index (Phi) is 2.70. The molecule has 1 aliphatic rings. The molecule has 5 nitrogen and oxygen atoms in total. The molecule has 0 saturated carbocycles. The van der Waals surface area contributed by atoms with Gasteiger partial charge in [0.2, 0.25) is 5.91 Å². The summed E-state index contributed by atoms with van der Waals surface area (Å²) in [5.74, 6) is 1.23. The second kappa shape index (κ2) is 4.00. The van der Waals surface area contributed by atoms with Gasteiger partial charge in [0.25, 0.3) is 0 Å². The van der Waals surface area contributed by atoms with Gasteiger partial charge in [0.1, 0.15) is 12.2 Å². The van der Waals surface area contributed by atoms with E-state index >= 15 is 0 Å². The van der Waals surface area contributed by atoms with Crippen LogP contribution in [-0.2, 0) is 17.9 Å². The molecule has 1 aliphatic heterocycles. The Morgan fingerprint density at radius 2 is 2.40 bits per heavy atom. The van der Waals surface area contributed by atoms with Crippen molar-refractivity contribution in [2.75, 3.05) is 6.54 Å². The number of aromatic nitrogens is 3. The molecule has 0 radical (unpaired) electrons. The number of rotatable bonds is 2. The predicted octanol–water partition coefficient (Wildman–Crippen LogP) is 0.666. The zero-order valence-electron chi connectivity index (χ0n) is 9.18. The van der Waals surface area contributed by atoms with Crippen LogP contribution in [-0.4, -0.2) is 32.1 Å². The first-order valence-corrected chi connectivity index (χ1v) is 5.37. The number of carbonyl (C=O) groups is 1. The highest BCUT2D eigenvalue weighted by molar-refractivity contribution is 5.78. The third kappa shape index (κ3) is 1.86. The van der Waals surface area contributed by atoms with E-state index in [2.05, 4.69) is 10.1 Å². The van der Waals surface area contributed by atoms with Gasteiger partial charge in [-0.3, -0.25) is 4.79 Å². The van der Waals surface area contributed by atoms with Gasteiger partial charge in [-0.25, -0.2) is 9.67 Å². The molecule has 0 N–H and O–H groups in total. The lowest BCUT2D eigenvalue weighted by molar-refractivity contribution is -0.136. The zero-order valence-corrected chi connectivity index (χ0v) is 9.18. The van der Waals surface area contributed by atoms with Crippen molar-refractivity contribution in [1.29, 1.82) is 0 Å². The summed E-state index contributed by atoms with van der Waals surface area (Å²) in [5.41, 5.74) is 0. The lowest BCUT2D eigenvalue weighted by atomic mass is 10.1. The molecule has 15 heavy (non-hydrogen) atoms. The fourth-order valence-electron chi connectivity index (χ4n) is 1.74. The van der Waals surface area contributed by atoms with Crippen LogP contribution in [0, 0.1) is 5.92 Å².